The van der Waals surface area contributed by atoms with Crippen molar-refractivity contribution in [3.8, 4) is 0 Å². The molecule has 35 heavy (non-hydrogen) atoms. The summed E-state index contributed by atoms with van der Waals surface area (Å²) in [4.78, 5) is 44.3. The molecule has 3 fully saturated rings. The van der Waals surface area contributed by atoms with E-state index in [4.69, 9.17) is 0 Å². The number of hydrogen-bond acceptors (Lipinski definition) is 3. The Morgan fingerprint density at radius 3 is 1.91 bits per heavy atom. The van der Waals surface area contributed by atoms with Crippen LogP contribution < -0.4 is 5.43 Å². The van der Waals surface area contributed by atoms with Gasteiger partial charge in [0.25, 0.3) is 11.8 Å². The van der Waals surface area contributed by atoms with Crippen molar-refractivity contribution in [1.82, 2.24) is 14.4 Å². The minimum absolute atomic E-state index is 0.165. The van der Waals surface area contributed by atoms with Crippen molar-refractivity contribution in [2.45, 2.75) is 76.2 Å². The highest BCUT2D eigenvalue weighted by atomic mass is 16.2. The van der Waals surface area contributed by atoms with Gasteiger partial charge in [0.2, 0.25) is 5.43 Å². The van der Waals surface area contributed by atoms with E-state index in [2.05, 4.69) is 24.3 Å². The smallest absolute Gasteiger partial charge is 0.259 e. The Morgan fingerprint density at radius 2 is 1.26 bits per heavy atom. The number of pyridine rings is 1. The molecule has 0 N–H and O–H groups in total. The summed E-state index contributed by atoms with van der Waals surface area (Å²) < 4.78 is 2.00. The van der Waals surface area contributed by atoms with Gasteiger partial charge in [0.1, 0.15) is 11.1 Å². The summed E-state index contributed by atoms with van der Waals surface area (Å²) in [5, 5.41) is 0. The Morgan fingerprint density at radius 1 is 0.657 bits per heavy atom. The lowest BCUT2D eigenvalue weighted by Gasteiger charge is -2.27. The molecule has 1 aromatic carbocycles. The number of amides is 2. The zero-order valence-electron chi connectivity index (χ0n) is 20.7. The quantitative estimate of drug-likeness (QED) is 0.625. The van der Waals surface area contributed by atoms with Crippen molar-refractivity contribution in [2.24, 2.45) is 0 Å². The van der Waals surface area contributed by atoms with E-state index >= 15 is 0 Å². The van der Waals surface area contributed by atoms with Gasteiger partial charge in [0.05, 0.1) is 0 Å². The molecule has 6 nitrogen and oxygen atoms in total. The van der Waals surface area contributed by atoms with Gasteiger partial charge in [-0.3, -0.25) is 14.4 Å². The highest BCUT2D eigenvalue weighted by Crippen LogP contribution is 2.31. The predicted molar refractivity (Wildman–Crippen MR) is 137 cm³/mol. The molecule has 3 heterocycles. The first-order chi connectivity index (χ1) is 17.1. The Kier molecular flexibility index (Phi) is 7.35. The molecule has 0 spiro atoms. The lowest BCUT2D eigenvalue weighted by Crippen LogP contribution is -2.41. The fourth-order valence-electron chi connectivity index (χ4n) is 6.11. The number of carbonyl (C=O) groups is 2. The highest BCUT2D eigenvalue weighted by Gasteiger charge is 2.29. The van der Waals surface area contributed by atoms with E-state index < -0.39 is 5.43 Å². The zero-order chi connectivity index (χ0) is 24.2. The first-order valence-corrected chi connectivity index (χ1v) is 13.5. The standard InChI is InChI=1S/C29H37N3O3/c33-27-25(28(34)30-16-7-2-8-17-30)20-32(24-13-5-6-14-24)21-26(27)29(35)31-18-9-12-23(15-19-31)22-10-3-1-4-11-22/h1,3-4,10-11,20-21,23-24H,2,5-9,12-19H2. The highest BCUT2D eigenvalue weighted by molar-refractivity contribution is 5.99. The molecular formula is C29H37N3O3. The molecular weight excluding hydrogens is 438 g/mol. The Bertz CT molecular complexity index is 1100. The van der Waals surface area contributed by atoms with Gasteiger partial charge in [0, 0.05) is 44.6 Å². The van der Waals surface area contributed by atoms with E-state index in [1.54, 1.807) is 17.3 Å². The molecule has 1 aromatic heterocycles. The van der Waals surface area contributed by atoms with Crippen LogP contribution in [0.4, 0.5) is 0 Å². The molecule has 5 rings (SSSR count). The van der Waals surface area contributed by atoms with Crippen LogP contribution in [0.1, 0.15) is 102 Å². The number of rotatable bonds is 4. The van der Waals surface area contributed by atoms with Gasteiger partial charge in [-0.15, -0.1) is 0 Å². The van der Waals surface area contributed by atoms with E-state index in [0.29, 0.717) is 32.1 Å². The van der Waals surface area contributed by atoms with E-state index in [1.807, 2.05) is 15.5 Å². The van der Waals surface area contributed by atoms with Crippen molar-refractivity contribution < 1.29 is 9.59 Å². The molecule has 6 heteroatoms. The molecule has 1 unspecified atom stereocenters. The van der Waals surface area contributed by atoms with Crippen LogP contribution in [0.2, 0.25) is 0 Å². The summed E-state index contributed by atoms with van der Waals surface area (Å²) >= 11 is 0. The second kappa shape index (κ2) is 10.8. The molecule has 2 amide bonds. The Balaban J connectivity index is 1.42. The van der Waals surface area contributed by atoms with Gasteiger partial charge < -0.3 is 14.4 Å². The zero-order valence-corrected chi connectivity index (χ0v) is 20.7. The number of aromatic nitrogens is 1. The Hall–Kier alpha value is -2.89. The monoisotopic (exact) mass is 475 g/mol. The average molecular weight is 476 g/mol. The van der Waals surface area contributed by atoms with Gasteiger partial charge >= 0.3 is 0 Å². The van der Waals surface area contributed by atoms with Gasteiger partial charge in [-0.25, -0.2) is 0 Å². The first kappa shape index (κ1) is 23.8. The van der Waals surface area contributed by atoms with Crippen molar-refractivity contribution in [2.75, 3.05) is 26.2 Å². The van der Waals surface area contributed by atoms with Crippen molar-refractivity contribution >= 4 is 11.8 Å². The average Bonchev–Trinajstić information content (AvgIpc) is 3.33. The van der Waals surface area contributed by atoms with Crippen LogP contribution in [0.15, 0.2) is 47.5 Å². The Labute approximate surface area is 207 Å². The summed E-state index contributed by atoms with van der Waals surface area (Å²) in [6.07, 6.45) is 13.7. The number of carbonyl (C=O) groups excluding carboxylic acids is 2. The molecule has 1 saturated carbocycles. The summed E-state index contributed by atoms with van der Waals surface area (Å²) in [7, 11) is 0. The summed E-state index contributed by atoms with van der Waals surface area (Å²) in [6, 6.07) is 10.8. The molecule has 186 valence electrons. The van der Waals surface area contributed by atoms with E-state index in [0.717, 1.165) is 64.2 Å². The fraction of sp³-hybridized carbons (Fsp3) is 0.552. The third-order valence-corrected chi connectivity index (χ3v) is 8.18. The summed E-state index contributed by atoms with van der Waals surface area (Å²) in [5.41, 5.74) is 1.25. The van der Waals surface area contributed by atoms with E-state index in [9.17, 15) is 14.4 Å². The molecule has 0 bridgehead atoms. The first-order valence-electron chi connectivity index (χ1n) is 13.5. The maximum absolute atomic E-state index is 13.7. The third kappa shape index (κ3) is 5.21. The van der Waals surface area contributed by atoms with Crippen LogP contribution in [0.3, 0.4) is 0 Å². The topological polar surface area (TPSA) is 62.6 Å². The van der Waals surface area contributed by atoms with Crippen molar-refractivity contribution in [3.63, 3.8) is 0 Å². The van der Waals surface area contributed by atoms with Gasteiger partial charge in [0.15, 0.2) is 0 Å². The number of piperidine rings is 1. The van der Waals surface area contributed by atoms with Crippen LogP contribution in [0, 0.1) is 0 Å². The van der Waals surface area contributed by atoms with E-state index in [1.165, 1.54) is 5.56 Å². The fourth-order valence-corrected chi connectivity index (χ4v) is 6.11. The number of benzene rings is 1. The number of likely N-dealkylation sites (tertiary alicyclic amines) is 2. The molecule has 1 atom stereocenters. The van der Waals surface area contributed by atoms with Crippen LogP contribution in [0.5, 0.6) is 0 Å². The largest absolute Gasteiger partial charge is 0.349 e. The second-order valence-corrected chi connectivity index (χ2v) is 10.5. The summed E-state index contributed by atoms with van der Waals surface area (Å²) in [6.45, 7) is 2.65. The predicted octanol–water partition coefficient (Wildman–Crippen LogP) is 5.00. The minimum Gasteiger partial charge on any atom is -0.349 e. The number of hydrogen-bond donors (Lipinski definition) is 0. The van der Waals surface area contributed by atoms with Gasteiger partial charge in [-0.05, 0) is 62.8 Å². The maximum Gasteiger partial charge on any atom is 0.259 e. The van der Waals surface area contributed by atoms with Crippen LogP contribution in [-0.2, 0) is 0 Å². The summed E-state index contributed by atoms with van der Waals surface area (Å²) in [5.74, 6) is -0.00369. The van der Waals surface area contributed by atoms with Crippen LogP contribution >= 0.6 is 0 Å². The molecule has 0 radical (unpaired) electrons. The lowest BCUT2D eigenvalue weighted by atomic mass is 9.92. The maximum atomic E-state index is 13.7. The molecule has 3 aliphatic rings. The molecule has 2 saturated heterocycles. The minimum atomic E-state index is -0.399. The lowest BCUT2D eigenvalue weighted by molar-refractivity contribution is 0.0721. The number of nitrogens with zero attached hydrogens (tertiary/aromatic N) is 3. The van der Waals surface area contributed by atoms with Crippen LogP contribution in [0.25, 0.3) is 0 Å². The van der Waals surface area contributed by atoms with Gasteiger partial charge in [-0.2, -0.15) is 0 Å². The van der Waals surface area contributed by atoms with Crippen molar-refractivity contribution in [3.05, 3.63) is 69.6 Å². The van der Waals surface area contributed by atoms with Gasteiger partial charge in [-0.1, -0.05) is 43.2 Å². The van der Waals surface area contributed by atoms with Crippen LogP contribution in [-0.4, -0.2) is 52.4 Å². The molecule has 2 aliphatic heterocycles. The molecule has 2 aromatic rings. The van der Waals surface area contributed by atoms with E-state index in [-0.39, 0.29) is 29.0 Å². The second-order valence-electron chi connectivity index (χ2n) is 10.5. The van der Waals surface area contributed by atoms with Crippen molar-refractivity contribution in [1.29, 1.82) is 0 Å². The molecule has 1 aliphatic carbocycles. The third-order valence-electron chi connectivity index (χ3n) is 8.18. The normalized spacial score (nSPS) is 21.7. The SMILES string of the molecule is O=C(c1cn(C2CCCC2)cc(C(=O)N2CCCC(c3ccccc3)CC2)c1=O)N1CCCCC1.